The van der Waals surface area contributed by atoms with E-state index >= 15 is 0 Å². The summed E-state index contributed by atoms with van der Waals surface area (Å²) in [5, 5.41) is 8.02. The number of hydrogen-bond donors (Lipinski definition) is 3. The minimum Gasteiger partial charge on any atom is -0.486 e. The Bertz CT molecular complexity index is 1440. The fraction of sp³-hybridized carbons (Fsp3) is 0.656. The topological polar surface area (TPSA) is 134 Å². The molecule has 2 saturated carbocycles. The number of halogens is 4. The van der Waals surface area contributed by atoms with Crippen molar-refractivity contribution in [1.82, 2.24) is 20.9 Å². The van der Waals surface area contributed by atoms with E-state index in [2.05, 4.69) is 10.6 Å². The van der Waals surface area contributed by atoms with Crippen molar-refractivity contribution in [2.45, 2.75) is 90.1 Å². The van der Waals surface area contributed by atoms with Crippen molar-refractivity contribution in [3.63, 3.8) is 0 Å². The summed E-state index contributed by atoms with van der Waals surface area (Å²) in [6.45, 7) is 8.13. The number of ketones is 1. The number of alkyl halides is 3. The van der Waals surface area contributed by atoms with Crippen LogP contribution in [0.2, 0.25) is 5.02 Å². The molecule has 1 spiro atoms. The standard InChI is InChI=1S/C32H40ClF3N4O6/c1-29(2,3)24(38-28(45)32(34,35)36)27(44)40-14-19-22(30(19,4)5)23(40)26(43)37-20(11-16-13-31(9-10-31)39-25(16)42)21(41)15-46-18-8-6-7-17(33)12-18/h6-8,12,16,19-20,22-24H,9-11,13-15H2,1-5H3,(H,37,43)(H,38,45)(H,39,42)/t16-,19-,20-,22-,23-,24+/m0/s1. The zero-order valence-electron chi connectivity index (χ0n) is 26.4. The molecule has 2 aliphatic heterocycles. The van der Waals surface area contributed by atoms with Crippen LogP contribution in [0.1, 0.15) is 60.3 Å². The summed E-state index contributed by atoms with van der Waals surface area (Å²) < 4.78 is 45.2. The average molecular weight is 669 g/mol. The molecule has 2 aliphatic carbocycles. The van der Waals surface area contributed by atoms with Gasteiger partial charge in [0.1, 0.15) is 24.4 Å². The van der Waals surface area contributed by atoms with E-state index in [0.717, 1.165) is 12.8 Å². The van der Waals surface area contributed by atoms with Gasteiger partial charge in [0.25, 0.3) is 0 Å². The highest BCUT2D eigenvalue weighted by molar-refractivity contribution is 6.30. The Balaban J connectivity index is 1.37. The SMILES string of the molecule is CC(C)(C)[C@H](NC(=O)C(F)(F)F)C(=O)N1C[C@H]2[C@@H]([C@H]1C(=O)N[C@@H](C[C@H]1CC3(CC3)NC1=O)C(=O)COc1cccc(Cl)c1)C2(C)C. The van der Waals surface area contributed by atoms with Crippen molar-refractivity contribution >= 4 is 41.0 Å². The van der Waals surface area contributed by atoms with Crippen LogP contribution in [0.15, 0.2) is 24.3 Å². The zero-order valence-corrected chi connectivity index (χ0v) is 27.2. The molecule has 252 valence electrons. The van der Waals surface area contributed by atoms with Gasteiger partial charge in [0, 0.05) is 23.0 Å². The number of Topliss-reactive ketones (excluding diaryl/α,β-unsaturated/α-hetero) is 1. The summed E-state index contributed by atoms with van der Waals surface area (Å²) in [5.41, 5.74) is -1.73. The number of hydrogen-bond acceptors (Lipinski definition) is 6. The highest BCUT2D eigenvalue weighted by Crippen LogP contribution is 2.65. The third-order valence-electron chi connectivity index (χ3n) is 10.1. The monoisotopic (exact) mass is 668 g/mol. The number of carbonyl (C=O) groups excluding carboxylic acids is 5. The Kier molecular flexibility index (Phi) is 8.66. The van der Waals surface area contributed by atoms with Crippen LogP contribution in [-0.2, 0) is 24.0 Å². The van der Waals surface area contributed by atoms with Crippen LogP contribution in [0.25, 0.3) is 0 Å². The van der Waals surface area contributed by atoms with Gasteiger partial charge in [-0.05, 0) is 66.5 Å². The molecular weight excluding hydrogens is 629 g/mol. The predicted molar refractivity (Wildman–Crippen MR) is 160 cm³/mol. The highest BCUT2D eigenvalue weighted by atomic mass is 35.5. The van der Waals surface area contributed by atoms with Crippen molar-refractivity contribution < 1.29 is 41.9 Å². The van der Waals surface area contributed by atoms with E-state index in [0.29, 0.717) is 17.2 Å². The van der Waals surface area contributed by atoms with Gasteiger partial charge >= 0.3 is 12.1 Å². The van der Waals surface area contributed by atoms with E-state index in [1.165, 1.54) is 31.7 Å². The molecule has 3 N–H and O–H groups in total. The molecule has 2 heterocycles. The van der Waals surface area contributed by atoms with Gasteiger partial charge in [-0.3, -0.25) is 24.0 Å². The number of fused-ring (bicyclic) bond motifs is 1. The summed E-state index contributed by atoms with van der Waals surface area (Å²) >= 11 is 6.03. The molecular formula is C32H40ClF3N4O6. The average Bonchev–Trinajstić information content (AvgIpc) is 3.66. The number of nitrogens with zero attached hydrogens (tertiary/aromatic N) is 1. The van der Waals surface area contributed by atoms with Gasteiger partial charge in [0.15, 0.2) is 5.78 Å². The number of ether oxygens (including phenoxy) is 1. The molecule has 4 amide bonds. The molecule has 4 aliphatic rings. The number of piperidine rings is 1. The Morgan fingerprint density at radius 3 is 2.37 bits per heavy atom. The van der Waals surface area contributed by atoms with Gasteiger partial charge in [-0.2, -0.15) is 13.2 Å². The minimum absolute atomic E-state index is 0.0154. The summed E-state index contributed by atoms with van der Waals surface area (Å²) in [5.74, 6) is -5.03. The first-order valence-corrected chi connectivity index (χ1v) is 15.8. The number of rotatable bonds is 10. The highest BCUT2D eigenvalue weighted by Gasteiger charge is 2.70. The smallest absolute Gasteiger partial charge is 0.471 e. The van der Waals surface area contributed by atoms with Crippen molar-refractivity contribution in [3.8, 4) is 5.75 Å². The lowest BCUT2D eigenvalue weighted by Gasteiger charge is -2.38. The molecule has 5 rings (SSSR count). The molecule has 6 atom stereocenters. The fourth-order valence-corrected chi connectivity index (χ4v) is 7.29. The summed E-state index contributed by atoms with van der Waals surface area (Å²) in [4.78, 5) is 67.5. The first-order valence-electron chi connectivity index (χ1n) is 15.5. The summed E-state index contributed by atoms with van der Waals surface area (Å²) in [6, 6.07) is 2.64. The Morgan fingerprint density at radius 1 is 1.13 bits per heavy atom. The zero-order chi connectivity index (χ0) is 34.0. The molecule has 1 aromatic rings. The number of benzene rings is 1. The van der Waals surface area contributed by atoms with Crippen LogP contribution in [-0.4, -0.2) is 77.3 Å². The van der Waals surface area contributed by atoms with Crippen LogP contribution in [0.3, 0.4) is 0 Å². The van der Waals surface area contributed by atoms with Crippen molar-refractivity contribution in [3.05, 3.63) is 29.3 Å². The lowest BCUT2D eigenvalue weighted by Crippen LogP contribution is -2.61. The maximum Gasteiger partial charge on any atom is 0.471 e. The molecule has 4 fully saturated rings. The first-order chi connectivity index (χ1) is 21.2. The van der Waals surface area contributed by atoms with Crippen LogP contribution in [0.5, 0.6) is 5.75 Å². The van der Waals surface area contributed by atoms with Gasteiger partial charge < -0.3 is 25.6 Å². The van der Waals surface area contributed by atoms with E-state index in [1.807, 2.05) is 19.2 Å². The third kappa shape index (κ3) is 6.84. The van der Waals surface area contributed by atoms with Gasteiger partial charge in [0.05, 0.1) is 6.04 Å². The number of carbonyl (C=O) groups is 5. The van der Waals surface area contributed by atoms with Crippen LogP contribution < -0.4 is 20.7 Å². The van der Waals surface area contributed by atoms with E-state index in [4.69, 9.17) is 16.3 Å². The van der Waals surface area contributed by atoms with Crippen molar-refractivity contribution in [1.29, 1.82) is 0 Å². The Labute approximate surface area is 270 Å². The fourth-order valence-electron chi connectivity index (χ4n) is 7.11. The van der Waals surface area contributed by atoms with Crippen LogP contribution in [0, 0.1) is 28.6 Å². The van der Waals surface area contributed by atoms with Gasteiger partial charge in [-0.15, -0.1) is 0 Å². The van der Waals surface area contributed by atoms with Gasteiger partial charge in [0.2, 0.25) is 17.7 Å². The molecule has 0 bridgehead atoms. The maximum absolute atomic E-state index is 14.1. The Morgan fingerprint density at radius 2 is 1.80 bits per heavy atom. The third-order valence-corrected chi connectivity index (χ3v) is 10.3. The summed E-state index contributed by atoms with van der Waals surface area (Å²) in [7, 11) is 0. The lowest BCUT2D eigenvalue weighted by atomic mass is 9.85. The molecule has 46 heavy (non-hydrogen) atoms. The molecule has 10 nitrogen and oxygen atoms in total. The first kappa shape index (κ1) is 34.0. The second kappa shape index (κ2) is 11.7. The summed E-state index contributed by atoms with van der Waals surface area (Å²) in [6.07, 6.45) is -2.98. The van der Waals surface area contributed by atoms with E-state index < -0.39 is 65.7 Å². The van der Waals surface area contributed by atoms with Crippen molar-refractivity contribution in [2.24, 2.45) is 28.6 Å². The number of nitrogens with one attached hydrogen (secondary N) is 3. The molecule has 0 unspecified atom stereocenters. The maximum atomic E-state index is 14.1. The molecule has 0 aromatic heterocycles. The quantitative estimate of drug-likeness (QED) is 0.350. The number of amides is 4. The van der Waals surface area contributed by atoms with Gasteiger partial charge in [-0.1, -0.05) is 52.3 Å². The predicted octanol–water partition coefficient (Wildman–Crippen LogP) is 3.41. The second-order valence-electron chi connectivity index (χ2n) is 14.8. The minimum atomic E-state index is -5.21. The van der Waals surface area contributed by atoms with Gasteiger partial charge in [-0.25, -0.2) is 0 Å². The molecule has 0 radical (unpaired) electrons. The van der Waals surface area contributed by atoms with E-state index in [1.54, 1.807) is 18.2 Å². The van der Waals surface area contributed by atoms with E-state index in [9.17, 15) is 37.1 Å². The number of likely N-dealkylation sites (tertiary alicyclic amines) is 1. The normalized spacial score (nSPS) is 26.9. The lowest BCUT2D eigenvalue weighted by molar-refractivity contribution is -0.176. The van der Waals surface area contributed by atoms with E-state index in [-0.39, 0.29) is 41.7 Å². The molecule has 1 aromatic carbocycles. The largest absolute Gasteiger partial charge is 0.486 e. The van der Waals surface area contributed by atoms with Crippen LogP contribution in [0.4, 0.5) is 13.2 Å². The van der Waals surface area contributed by atoms with Crippen LogP contribution >= 0.6 is 11.6 Å². The Hall–Kier alpha value is -3.35. The van der Waals surface area contributed by atoms with Crippen molar-refractivity contribution in [2.75, 3.05) is 13.2 Å². The molecule has 14 heteroatoms. The molecule has 2 saturated heterocycles. The second-order valence-corrected chi connectivity index (χ2v) is 15.3.